The summed E-state index contributed by atoms with van der Waals surface area (Å²) in [7, 11) is 0. The van der Waals surface area contributed by atoms with Crippen molar-refractivity contribution in [1.29, 1.82) is 0 Å². The average molecular weight is 342 g/mol. The van der Waals surface area contributed by atoms with Gasteiger partial charge in [-0.25, -0.2) is 9.97 Å². The Balaban J connectivity index is 1.76. The van der Waals surface area contributed by atoms with Crippen LogP contribution in [0.15, 0.2) is 30.9 Å². The van der Waals surface area contributed by atoms with Crippen molar-refractivity contribution in [2.24, 2.45) is 0 Å². The number of halogens is 1. The van der Waals surface area contributed by atoms with E-state index in [1.165, 1.54) is 3.57 Å². The van der Waals surface area contributed by atoms with Crippen LogP contribution in [0.5, 0.6) is 0 Å². The van der Waals surface area contributed by atoms with E-state index in [1.807, 2.05) is 25.5 Å². The van der Waals surface area contributed by atoms with Gasteiger partial charge in [0, 0.05) is 29.1 Å². The van der Waals surface area contributed by atoms with Crippen molar-refractivity contribution in [3.63, 3.8) is 0 Å². The molecule has 0 radical (unpaired) electrons. The lowest BCUT2D eigenvalue weighted by molar-refractivity contribution is 0.660. The standard InChI is InChI=1S/C12H15IN4/c1-10-11(13)3-4-12(16-10)15-5-2-7-17-8-6-14-9-17/h3-4,6,8-9H,2,5,7H2,1H3,(H,15,16). The van der Waals surface area contributed by atoms with E-state index >= 15 is 0 Å². The highest BCUT2D eigenvalue weighted by Crippen LogP contribution is 2.12. The summed E-state index contributed by atoms with van der Waals surface area (Å²) < 4.78 is 3.28. The summed E-state index contributed by atoms with van der Waals surface area (Å²) >= 11 is 2.29. The molecule has 0 bridgehead atoms. The van der Waals surface area contributed by atoms with Crippen LogP contribution in [-0.2, 0) is 6.54 Å². The van der Waals surface area contributed by atoms with Gasteiger partial charge in [0.15, 0.2) is 0 Å². The molecule has 0 saturated heterocycles. The number of pyridine rings is 1. The van der Waals surface area contributed by atoms with Crippen LogP contribution in [-0.4, -0.2) is 21.1 Å². The fourth-order valence-corrected chi connectivity index (χ4v) is 1.84. The molecular weight excluding hydrogens is 327 g/mol. The van der Waals surface area contributed by atoms with Crippen LogP contribution in [0.1, 0.15) is 12.1 Å². The van der Waals surface area contributed by atoms with E-state index in [-0.39, 0.29) is 0 Å². The number of anilines is 1. The van der Waals surface area contributed by atoms with E-state index in [1.54, 1.807) is 6.20 Å². The lowest BCUT2D eigenvalue weighted by atomic mass is 10.3. The van der Waals surface area contributed by atoms with Crippen molar-refractivity contribution in [2.45, 2.75) is 19.9 Å². The second-order valence-corrected chi connectivity index (χ2v) is 5.01. The fraction of sp³-hybridized carbons (Fsp3) is 0.333. The van der Waals surface area contributed by atoms with Crippen molar-refractivity contribution in [1.82, 2.24) is 14.5 Å². The topological polar surface area (TPSA) is 42.7 Å². The minimum atomic E-state index is 0.922. The number of nitrogens with one attached hydrogen (secondary N) is 1. The highest BCUT2D eigenvalue weighted by Gasteiger charge is 1.98. The monoisotopic (exact) mass is 342 g/mol. The van der Waals surface area contributed by atoms with Gasteiger partial charge >= 0.3 is 0 Å². The largest absolute Gasteiger partial charge is 0.370 e. The van der Waals surface area contributed by atoms with E-state index in [0.29, 0.717) is 0 Å². The third kappa shape index (κ3) is 3.69. The normalized spacial score (nSPS) is 10.5. The SMILES string of the molecule is Cc1nc(NCCCn2ccnc2)ccc1I. The predicted molar refractivity (Wildman–Crippen MR) is 77.0 cm³/mol. The van der Waals surface area contributed by atoms with Crippen molar-refractivity contribution >= 4 is 28.4 Å². The quantitative estimate of drug-likeness (QED) is 0.671. The lowest BCUT2D eigenvalue weighted by Crippen LogP contribution is -2.07. The number of rotatable bonds is 5. The molecule has 0 atom stereocenters. The zero-order valence-electron chi connectivity index (χ0n) is 9.73. The van der Waals surface area contributed by atoms with Gasteiger partial charge in [-0.15, -0.1) is 0 Å². The zero-order valence-corrected chi connectivity index (χ0v) is 11.9. The maximum absolute atomic E-state index is 4.47. The van der Waals surface area contributed by atoms with Crippen LogP contribution in [0, 0.1) is 10.5 Å². The molecule has 2 rings (SSSR count). The van der Waals surface area contributed by atoms with Crippen molar-refractivity contribution < 1.29 is 0 Å². The number of imidazole rings is 1. The molecule has 17 heavy (non-hydrogen) atoms. The molecule has 90 valence electrons. The van der Waals surface area contributed by atoms with Gasteiger partial charge in [-0.2, -0.15) is 0 Å². The highest BCUT2D eigenvalue weighted by molar-refractivity contribution is 14.1. The van der Waals surface area contributed by atoms with E-state index < -0.39 is 0 Å². The first-order valence-electron chi connectivity index (χ1n) is 5.58. The molecule has 0 aromatic carbocycles. The Morgan fingerprint density at radius 2 is 2.29 bits per heavy atom. The summed E-state index contributed by atoms with van der Waals surface area (Å²) in [5.41, 5.74) is 1.07. The zero-order chi connectivity index (χ0) is 12.1. The summed E-state index contributed by atoms with van der Waals surface area (Å²) in [5.74, 6) is 0.952. The predicted octanol–water partition coefficient (Wildman–Crippen LogP) is 2.69. The molecule has 1 N–H and O–H groups in total. The maximum Gasteiger partial charge on any atom is 0.126 e. The number of hydrogen-bond donors (Lipinski definition) is 1. The minimum Gasteiger partial charge on any atom is -0.370 e. The molecule has 0 aliphatic rings. The third-order valence-electron chi connectivity index (χ3n) is 2.48. The Labute approximate surface area is 115 Å². The Hall–Kier alpha value is -1.11. The summed E-state index contributed by atoms with van der Waals surface area (Å²) in [6, 6.07) is 4.10. The summed E-state index contributed by atoms with van der Waals surface area (Å²) in [5, 5.41) is 3.33. The van der Waals surface area contributed by atoms with E-state index in [2.05, 4.69) is 48.5 Å². The van der Waals surface area contributed by atoms with Crippen molar-refractivity contribution in [2.75, 3.05) is 11.9 Å². The summed E-state index contributed by atoms with van der Waals surface area (Å²) in [6.07, 6.45) is 6.68. The molecule has 0 fully saturated rings. The maximum atomic E-state index is 4.47. The van der Waals surface area contributed by atoms with Crippen LogP contribution in [0.2, 0.25) is 0 Å². The second kappa shape index (κ2) is 6.00. The molecule has 5 heteroatoms. The van der Waals surface area contributed by atoms with Gasteiger partial charge in [0.05, 0.1) is 12.0 Å². The molecule has 0 aliphatic heterocycles. The highest BCUT2D eigenvalue weighted by atomic mass is 127. The molecule has 4 nitrogen and oxygen atoms in total. The molecule has 0 saturated carbocycles. The Bertz CT molecular complexity index is 467. The Morgan fingerprint density at radius 1 is 1.41 bits per heavy atom. The van der Waals surface area contributed by atoms with E-state index in [0.717, 1.165) is 31.0 Å². The van der Waals surface area contributed by atoms with Crippen LogP contribution < -0.4 is 5.32 Å². The molecule has 2 heterocycles. The Kier molecular flexibility index (Phi) is 4.36. The number of nitrogens with zero attached hydrogens (tertiary/aromatic N) is 3. The van der Waals surface area contributed by atoms with Gasteiger partial charge in [0.2, 0.25) is 0 Å². The van der Waals surface area contributed by atoms with Crippen LogP contribution >= 0.6 is 22.6 Å². The molecular formula is C12H15IN4. The molecule has 2 aromatic heterocycles. The van der Waals surface area contributed by atoms with Crippen molar-refractivity contribution in [3.8, 4) is 0 Å². The fourth-order valence-electron chi connectivity index (χ4n) is 1.54. The van der Waals surface area contributed by atoms with Gasteiger partial charge < -0.3 is 9.88 Å². The molecule has 0 amide bonds. The second-order valence-electron chi connectivity index (χ2n) is 3.84. The molecule has 0 spiro atoms. The van der Waals surface area contributed by atoms with Crippen molar-refractivity contribution in [3.05, 3.63) is 40.1 Å². The lowest BCUT2D eigenvalue weighted by Gasteiger charge is -2.07. The van der Waals surface area contributed by atoms with Gasteiger partial charge in [-0.1, -0.05) is 0 Å². The van der Waals surface area contributed by atoms with Gasteiger partial charge in [-0.05, 0) is 48.1 Å². The Morgan fingerprint density at radius 3 is 3.00 bits per heavy atom. The minimum absolute atomic E-state index is 0.922. The molecule has 2 aromatic rings. The first-order valence-corrected chi connectivity index (χ1v) is 6.66. The average Bonchev–Trinajstić information content (AvgIpc) is 2.82. The summed E-state index contributed by atoms with van der Waals surface area (Å²) in [6.45, 7) is 3.93. The van der Waals surface area contributed by atoms with Crippen LogP contribution in [0.25, 0.3) is 0 Å². The first kappa shape index (κ1) is 12.3. The molecule has 0 aliphatic carbocycles. The van der Waals surface area contributed by atoms with E-state index in [9.17, 15) is 0 Å². The first-order chi connectivity index (χ1) is 8.25. The van der Waals surface area contributed by atoms with Gasteiger partial charge in [0.25, 0.3) is 0 Å². The third-order valence-corrected chi connectivity index (χ3v) is 3.62. The van der Waals surface area contributed by atoms with E-state index in [4.69, 9.17) is 0 Å². The number of aromatic nitrogens is 3. The summed E-state index contributed by atoms with van der Waals surface area (Å²) in [4.78, 5) is 8.48. The molecule has 0 unspecified atom stereocenters. The van der Waals surface area contributed by atoms with Crippen LogP contribution in [0.3, 0.4) is 0 Å². The van der Waals surface area contributed by atoms with Crippen LogP contribution in [0.4, 0.5) is 5.82 Å². The number of hydrogen-bond acceptors (Lipinski definition) is 3. The smallest absolute Gasteiger partial charge is 0.126 e. The van der Waals surface area contributed by atoms with Gasteiger partial charge in [0.1, 0.15) is 5.82 Å². The van der Waals surface area contributed by atoms with Gasteiger partial charge in [-0.3, -0.25) is 0 Å². The number of aryl methyl sites for hydroxylation is 2.